The Bertz CT molecular complexity index is 913. The van der Waals surface area contributed by atoms with E-state index in [0.717, 1.165) is 29.9 Å². The van der Waals surface area contributed by atoms with E-state index in [1.54, 1.807) is 0 Å². The molecule has 0 bridgehead atoms. The normalized spacial score (nSPS) is 13.7. The highest BCUT2D eigenvalue weighted by Crippen LogP contribution is 2.33. The molecule has 2 heterocycles. The second-order valence-corrected chi connectivity index (χ2v) is 6.64. The summed E-state index contributed by atoms with van der Waals surface area (Å²) in [7, 11) is 0. The third kappa shape index (κ3) is 4.49. The molecule has 0 spiro atoms. The standard InChI is InChI=1S/C21H22N4O3/c26-21(13-25-15-22-14-23-25)24-18(8-6-16-4-2-1-3-5-16)17-7-9-19-20(12-17)28-11-10-27-19/h1-5,7,9,12,14-15,18H,6,8,10-11,13H2,(H,24,26)/t18-/m0/s1. The summed E-state index contributed by atoms with van der Waals surface area (Å²) in [6, 6.07) is 15.9. The summed E-state index contributed by atoms with van der Waals surface area (Å²) in [5.74, 6) is 1.35. The van der Waals surface area contributed by atoms with Crippen LogP contribution in [0.5, 0.6) is 11.5 Å². The van der Waals surface area contributed by atoms with E-state index in [-0.39, 0.29) is 18.5 Å². The Labute approximate surface area is 163 Å². The zero-order valence-electron chi connectivity index (χ0n) is 15.5. The Balaban J connectivity index is 1.51. The zero-order chi connectivity index (χ0) is 19.2. The van der Waals surface area contributed by atoms with Crippen LogP contribution in [0.3, 0.4) is 0 Å². The molecule has 1 N–H and O–H groups in total. The molecule has 7 heteroatoms. The molecule has 1 amide bonds. The van der Waals surface area contributed by atoms with Crippen molar-refractivity contribution in [2.75, 3.05) is 13.2 Å². The molecule has 0 fully saturated rings. The first-order valence-corrected chi connectivity index (χ1v) is 9.33. The Kier molecular flexibility index (Phi) is 5.51. The van der Waals surface area contributed by atoms with Crippen LogP contribution >= 0.6 is 0 Å². The van der Waals surface area contributed by atoms with Gasteiger partial charge in [-0.1, -0.05) is 36.4 Å². The Morgan fingerprint density at radius 2 is 1.93 bits per heavy atom. The molecule has 1 aliphatic heterocycles. The zero-order valence-corrected chi connectivity index (χ0v) is 15.5. The van der Waals surface area contributed by atoms with Gasteiger partial charge < -0.3 is 14.8 Å². The maximum absolute atomic E-state index is 12.5. The molecule has 2 aromatic carbocycles. The maximum Gasteiger partial charge on any atom is 0.242 e. The second-order valence-electron chi connectivity index (χ2n) is 6.64. The topological polar surface area (TPSA) is 78.3 Å². The van der Waals surface area contributed by atoms with Gasteiger partial charge in [0.15, 0.2) is 11.5 Å². The van der Waals surface area contributed by atoms with Crippen LogP contribution in [0, 0.1) is 0 Å². The lowest BCUT2D eigenvalue weighted by Crippen LogP contribution is -2.32. The van der Waals surface area contributed by atoms with Gasteiger partial charge in [0, 0.05) is 0 Å². The number of carbonyl (C=O) groups excluding carboxylic acids is 1. The third-order valence-electron chi connectivity index (χ3n) is 4.64. The van der Waals surface area contributed by atoms with E-state index in [1.807, 2.05) is 36.4 Å². The molecular weight excluding hydrogens is 356 g/mol. The Hall–Kier alpha value is -3.35. The minimum absolute atomic E-state index is 0.113. The maximum atomic E-state index is 12.5. The lowest BCUT2D eigenvalue weighted by molar-refractivity contribution is -0.122. The predicted octanol–water partition coefficient (Wildman–Crippen LogP) is 2.54. The first kappa shape index (κ1) is 18.0. The number of nitrogens with zero attached hydrogens (tertiary/aromatic N) is 3. The van der Waals surface area contributed by atoms with Gasteiger partial charge in [-0.3, -0.25) is 4.79 Å². The van der Waals surface area contributed by atoms with Crippen LogP contribution in [0.15, 0.2) is 61.2 Å². The van der Waals surface area contributed by atoms with Gasteiger partial charge in [-0.25, -0.2) is 9.67 Å². The van der Waals surface area contributed by atoms with E-state index >= 15 is 0 Å². The molecule has 0 saturated heterocycles. The second kappa shape index (κ2) is 8.56. The summed E-state index contributed by atoms with van der Waals surface area (Å²) < 4.78 is 12.8. The van der Waals surface area contributed by atoms with Gasteiger partial charge in [0.1, 0.15) is 32.4 Å². The van der Waals surface area contributed by atoms with E-state index < -0.39 is 0 Å². The molecule has 3 aromatic rings. The number of fused-ring (bicyclic) bond motifs is 1. The average Bonchev–Trinajstić information content (AvgIpc) is 3.24. The van der Waals surface area contributed by atoms with E-state index in [1.165, 1.54) is 22.9 Å². The summed E-state index contributed by atoms with van der Waals surface area (Å²) in [5.41, 5.74) is 2.22. The van der Waals surface area contributed by atoms with E-state index in [9.17, 15) is 4.79 Å². The molecule has 0 radical (unpaired) electrons. The number of hydrogen-bond donors (Lipinski definition) is 1. The molecule has 144 valence electrons. The summed E-state index contributed by atoms with van der Waals surface area (Å²) in [4.78, 5) is 16.4. The van der Waals surface area contributed by atoms with Gasteiger partial charge >= 0.3 is 0 Å². The van der Waals surface area contributed by atoms with Gasteiger partial charge in [-0.15, -0.1) is 0 Å². The summed E-state index contributed by atoms with van der Waals surface area (Å²) in [6.07, 6.45) is 4.57. The number of nitrogens with one attached hydrogen (secondary N) is 1. The number of aromatic nitrogens is 3. The van der Waals surface area contributed by atoms with Crippen LogP contribution in [0.1, 0.15) is 23.6 Å². The van der Waals surface area contributed by atoms with Crippen LogP contribution in [-0.4, -0.2) is 33.9 Å². The highest BCUT2D eigenvalue weighted by molar-refractivity contribution is 5.76. The molecule has 28 heavy (non-hydrogen) atoms. The number of hydrogen-bond acceptors (Lipinski definition) is 5. The number of aryl methyl sites for hydroxylation is 1. The first-order valence-electron chi connectivity index (χ1n) is 9.33. The van der Waals surface area contributed by atoms with Crippen molar-refractivity contribution < 1.29 is 14.3 Å². The van der Waals surface area contributed by atoms with Gasteiger partial charge in [-0.2, -0.15) is 5.10 Å². The highest BCUT2D eigenvalue weighted by Gasteiger charge is 2.19. The quantitative estimate of drug-likeness (QED) is 0.684. The van der Waals surface area contributed by atoms with Crippen LogP contribution in [-0.2, 0) is 17.8 Å². The van der Waals surface area contributed by atoms with Crippen molar-refractivity contribution in [3.05, 3.63) is 72.3 Å². The number of carbonyl (C=O) groups is 1. The molecular formula is C21H22N4O3. The number of amides is 1. The van der Waals surface area contributed by atoms with E-state index in [2.05, 4.69) is 27.5 Å². The molecule has 0 aliphatic carbocycles. The first-order chi connectivity index (χ1) is 13.8. The summed E-state index contributed by atoms with van der Waals surface area (Å²) >= 11 is 0. The van der Waals surface area contributed by atoms with Crippen molar-refractivity contribution in [3.63, 3.8) is 0 Å². The molecule has 7 nitrogen and oxygen atoms in total. The summed E-state index contributed by atoms with van der Waals surface area (Å²) in [5, 5.41) is 7.12. The molecule has 0 unspecified atom stereocenters. The Morgan fingerprint density at radius 1 is 1.11 bits per heavy atom. The van der Waals surface area contributed by atoms with Crippen LogP contribution in [0.4, 0.5) is 0 Å². The van der Waals surface area contributed by atoms with Gasteiger partial charge in [0.25, 0.3) is 0 Å². The minimum Gasteiger partial charge on any atom is -0.486 e. The van der Waals surface area contributed by atoms with Gasteiger partial charge in [0.05, 0.1) is 6.04 Å². The summed E-state index contributed by atoms with van der Waals surface area (Å²) in [6.45, 7) is 1.22. The fraction of sp³-hybridized carbons (Fsp3) is 0.286. The number of ether oxygens (including phenoxy) is 2. The van der Waals surface area contributed by atoms with Gasteiger partial charge in [-0.05, 0) is 36.1 Å². The predicted molar refractivity (Wildman–Crippen MR) is 103 cm³/mol. The molecule has 1 aliphatic rings. The monoisotopic (exact) mass is 378 g/mol. The van der Waals surface area contributed by atoms with Crippen LogP contribution < -0.4 is 14.8 Å². The molecule has 1 atom stereocenters. The van der Waals surface area contributed by atoms with Crippen molar-refractivity contribution in [2.45, 2.75) is 25.4 Å². The largest absolute Gasteiger partial charge is 0.486 e. The highest BCUT2D eigenvalue weighted by atomic mass is 16.6. The average molecular weight is 378 g/mol. The fourth-order valence-electron chi connectivity index (χ4n) is 3.26. The number of benzene rings is 2. The van der Waals surface area contributed by atoms with Crippen molar-refractivity contribution in [3.8, 4) is 11.5 Å². The van der Waals surface area contributed by atoms with Crippen LogP contribution in [0.25, 0.3) is 0 Å². The smallest absolute Gasteiger partial charge is 0.242 e. The Morgan fingerprint density at radius 3 is 2.71 bits per heavy atom. The molecule has 1 aromatic heterocycles. The van der Waals surface area contributed by atoms with Crippen molar-refractivity contribution in [1.29, 1.82) is 0 Å². The SMILES string of the molecule is O=C(Cn1cncn1)N[C@@H](CCc1ccccc1)c1ccc2c(c1)OCCO2. The molecule has 0 saturated carbocycles. The lowest BCUT2D eigenvalue weighted by Gasteiger charge is -2.23. The van der Waals surface area contributed by atoms with Crippen molar-refractivity contribution >= 4 is 5.91 Å². The van der Waals surface area contributed by atoms with Crippen LogP contribution in [0.2, 0.25) is 0 Å². The van der Waals surface area contributed by atoms with Crippen molar-refractivity contribution in [1.82, 2.24) is 20.1 Å². The van der Waals surface area contributed by atoms with E-state index in [4.69, 9.17) is 9.47 Å². The minimum atomic E-state index is -0.146. The lowest BCUT2D eigenvalue weighted by atomic mass is 9.98. The van der Waals surface area contributed by atoms with Crippen molar-refractivity contribution in [2.24, 2.45) is 0 Å². The van der Waals surface area contributed by atoms with E-state index in [0.29, 0.717) is 13.2 Å². The third-order valence-corrected chi connectivity index (χ3v) is 4.64. The fourth-order valence-corrected chi connectivity index (χ4v) is 3.26. The molecule has 4 rings (SSSR count). The number of rotatable bonds is 7. The van der Waals surface area contributed by atoms with Gasteiger partial charge in [0.2, 0.25) is 5.91 Å².